The Hall–Kier alpha value is -2.36. The van der Waals surface area contributed by atoms with Crippen molar-refractivity contribution in [1.29, 1.82) is 0 Å². The lowest BCUT2D eigenvalue weighted by Gasteiger charge is -2.14. The molecule has 0 aliphatic rings. The zero-order valence-corrected chi connectivity index (χ0v) is 12.2. The van der Waals surface area contributed by atoms with Crippen LogP contribution < -0.4 is 11.1 Å². The first-order valence-corrected chi connectivity index (χ1v) is 6.87. The highest BCUT2D eigenvalue weighted by Gasteiger charge is 2.15. The fourth-order valence-electron chi connectivity index (χ4n) is 2.20. The van der Waals surface area contributed by atoms with E-state index in [1.165, 1.54) is 12.1 Å². The second-order valence-electron chi connectivity index (χ2n) is 5.22. The molecule has 0 radical (unpaired) electrons. The highest BCUT2D eigenvalue weighted by Crippen LogP contribution is 2.18. The van der Waals surface area contributed by atoms with Gasteiger partial charge >= 0.3 is 0 Å². The maximum Gasteiger partial charge on any atom is 0.254 e. The molecule has 2 aromatic carbocycles. The molecule has 4 heteroatoms. The molecule has 1 unspecified atom stereocenters. The van der Waals surface area contributed by atoms with E-state index in [4.69, 9.17) is 5.73 Å². The van der Waals surface area contributed by atoms with Crippen molar-refractivity contribution < 1.29 is 9.18 Å². The van der Waals surface area contributed by atoms with Crippen LogP contribution in [-0.2, 0) is 0 Å². The van der Waals surface area contributed by atoms with Crippen molar-refractivity contribution in [3.63, 3.8) is 0 Å². The molecule has 0 heterocycles. The van der Waals surface area contributed by atoms with Crippen LogP contribution in [0.3, 0.4) is 0 Å². The summed E-state index contributed by atoms with van der Waals surface area (Å²) in [5.41, 5.74) is 7.54. The third kappa shape index (κ3) is 3.60. The van der Waals surface area contributed by atoms with Crippen LogP contribution in [0.4, 0.5) is 10.1 Å². The molecule has 3 N–H and O–H groups in total. The summed E-state index contributed by atoms with van der Waals surface area (Å²) >= 11 is 0. The molecule has 0 aromatic heterocycles. The number of anilines is 1. The van der Waals surface area contributed by atoms with E-state index in [1.54, 1.807) is 6.92 Å². The van der Waals surface area contributed by atoms with Crippen LogP contribution in [0.15, 0.2) is 42.5 Å². The molecule has 1 atom stereocenters. The van der Waals surface area contributed by atoms with Gasteiger partial charge in [-0.25, -0.2) is 4.39 Å². The van der Waals surface area contributed by atoms with Crippen LogP contribution in [0.25, 0.3) is 0 Å². The summed E-state index contributed by atoms with van der Waals surface area (Å²) in [6.45, 7) is 4.04. The third-order valence-electron chi connectivity index (χ3n) is 3.46. The summed E-state index contributed by atoms with van der Waals surface area (Å²) in [4.78, 5) is 12.1. The monoisotopic (exact) mass is 286 g/mol. The quantitative estimate of drug-likeness (QED) is 0.848. The molecule has 0 saturated carbocycles. The smallest absolute Gasteiger partial charge is 0.254 e. The Morgan fingerprint density at radius 1 is 1.29 bits per heavy atom. The van der Waals surface area contributed by atoms with Crippen LogP contribution in [0.2, 0.25) is 0 Å². The molecule has 0 aliphatic carbocycles. The van der Waals surface area contributed by atoms with Crippen molar-refractivity contribution in [2.45, 2.75) is 19.8 Å². The van der Waals surface area contributed by atoms with E-state index in [-0.39, 0.29) is 11.5 Å². The van der Waals surface area contributed by atoms with Gasteiger partial charge < -0.3 is 11.1 Å². The zero-order chi connectivity index (χ0) is 15.4. The standard InChI is InChI=1S/C17H19FN2O/c1-11-8-14(19)9-15(16(11)18)17(21)20-10-12(2)13-6-4-3-5-7-13/h3-9,12H,10,19H2,1-2H3,(H,20,21). The summed E-state index contributed by atoms with van der Waals surface area (Å²) in [5.74, 6) is -0.805. The molecule has 0 saturated heterocycles. The number of rotatable bonds is 4. The summed E-state index contributed by atoms with van der Waals surface area (Å²) in [6.07, 6.45) is 0. The van der Waals surface area contributed by atoms with Gasteiger partial charge in [-0.15, -0.1) is 0 Å². The number of aryl methyl sites for hydroxylation is 1. The summed E-state index contributed by atoms with van der Waals surface area (Å²) in [7, 11) is 0. The molecular weight excluding hydrogens is 267 g/mol. The highest BCUT2D eigenvalue weighted by molar-refractivity contribution is 5.95. The lowest BCUT2D eigenvalue weighted by molar-refractivity contribution is 0.0947. The number of amides is 1. The summed E-state index contributed by atoms with van der Waals surface area (Å²) < 4.78 is 14.0. The van der Waals surface area contributed by atoms with Gasteiger partial charge in [0.05, 0.1) is 5.56 Å². The Morgan fingerprint density at radius 2 is 1.95 bits per heavy atom. The van der Waals surface area contributed by atoms with Gasteiger partial charge in [0.15, 0.2) is 0 Å². The maximum absolute atomic E-state index is 14.0. The van der Waals surface area contributed by atoms with Gasteiger partial charge in [0, 0.05) is 12.2 Å². The Morgan fingerprint density at radius 3 is 2.62 bits per heavy atom. The average molecular weight is 286 g/mol. The first-order valence-electron chi connectivity index (χ1n) is 6.87. The van der Waals surface area contributed by atoms with Gasteiger partial charge in [-0.05, 0) is 36.1 Å². The molecule has 21 heavy (non-hydrogen) atoms. The van der Waals surface area contributed by atoms with Crippen molar-refractivity contribution in [2.75, 3.05) is 12.3 Å². The van der Waals surface area contributed by atoms with Crippen molar-refractivity contribution in [3.05, 3.63) is 65.0 Å². The van der Waals surface area contributed by atoms with Crippen LogP contribution in [0.1, 0.15) is 34.3 Å². The normalized spacial score (nSPS) is 12.0. The minimum atomic E-state index is -0.519. The first-order chi connectivity index (χ1) is 9.99. The van der Waals surface area contributed by atoms with Gasteiger partial charge in [0.25, 0.3) is 5.91 Å². The second kappa shape index (κ2) is 6.39. The van der Waals surface area contributed by atoms with E-state index in [1.807, 2.05) is 37.3 Å². The number of nitrogen functional groups attached to an aromatic ring is 1. The number of hydrogen-bond acceptors (Lipinski definition) is 2. The summed E-state index contributed by atoms with van der Waals surface area (Å²) in [6, 6.07) is 12.7. The largest absolute Gasteiger partial charge is 0.399 e. The lowest BCUT2D eigenvalue weighted by atomic mass is 10.0. The van der Waals surface area contributed by atoms with E-state index in [9.17, 15) is 9.18 Å². The number of halogens is 1. The number of nitrogens with one attached hydrogen (secondary N) is 1. The number of nitrogens with two attached hydrogens (primary N) is 1. The number of benzene rings is 2. The number of carbonyl (C=O) groups excluding carboxylic acids is 1. The van der Waals surface area contributed by atoms with Gasteiger partial charge in [0.2, 0.25) is 0 Å². The maximum atomic E-state index is 14.0. The minimum absolute atomic E-state index is 0.00670. The van der Waals surface area contributed by atoms with Gasteiger partial charge in [-0.3, -0.25) is 4.79 Å². The van der Waals surface area contributed by atoms with E-state index in [0.717, 1.165) is 5.56 Å². The van der Waals surface area contributed by atoms with Gasteiger partial charge in [-0.1, -0.05) is 37.3 Å². The van der Waals surface area contributed by atoms with Crippen LogP contribution in [-0.4, -0.2) is 12.5 Å². The Bertz CT molecular complexity index is 641. The number of carbonyl (C=O) groups is 1. The van der Waals surface area contributed by atoms with Gasteiger partial charge in [0.1, 0.15) is 5.82 Å². The third-order valence-corrected chi connectivity index (χ3v) is 3.46. The van der Waals surface area contributed by atoms with E-state index in [0.29, 0.717) is 17.8 Å². The molecule has 1 amide bonds. The van der Waals surface area contributed by atoms with Crippen molar-refractivity contribution in [3.8, 4) is 0 Å². The molecule has 0 fully saturated rings. The molecule has 2 aromatic rings. The second-order valence-corrected chi connectivity index (χ2v) is 5.22. The molecule has 110 valence electrons. The van der Waals surface area contributed by atoms with E-state index in [2.05, 4.69) is 5.32 Å². The predicted molar refractivity (Wildman–Crippen MR) is 82.7 cm³/mol. The van der Waals surface area contributed by atoms with Crippen molar-refractivity contribution in [2.24, 2.45) is 0 Å². The molecule has 0 aliphatic heterocycles. The Balaban J connectivity index is 2.06. The van der Waals surface area contributed by atoms with E-state index < -0.39 is 11.7 Å². The highest BCUT2D eigenvalue weighted by atomic mass is 19.1. The van der Waals surface area contributed by atoms with Crippen LogP contribution >= 0.6 is 0 Å². The van der Waals surface area contributed by atoms with Crippen LogP contribution in [0, 0.1) is 12.7 Å². The fraction of sp³-hybridized carbons (Fsp3) is 0.235. The predicted octanol–water partition coefficient (Wildman–Crippen LogP) is 3.25. The fourth-order valence-corrected chi connectivity index (χ4v) is 2.20. The van der Waals surface area contributed by atoms with Crippen molar-refractivity contribution in [1.82, 2.24) is 5.32 Å². The molecule has 3 nitrogen and oxygen atoms in total. The van der Waals surface area contributed by atoms with Crippen molar-refractivity contribution >= 4 is 11.6 Å². The molecule has 0 spiro atoms. The Kier molecular flexibility index (Phi) is 4.58. The topological polar surface area (TPSA) is 55.1 Å². The molecule has 0 bridgehead atoms. The SMILES string of the molecule is Cc1cc(N)cc(C(=O)NCC(C)c2ccccc2)c1F. The number of hydrogen-bond donors (Lipinski definition) is 2. The van der Waals surface area contributed by atoms with Crippen LogP contribution in [0.5, 0.6) is 0 Å². The minimum Gasteiger partial charge on any atom is -0.399 e. The first kappa shape index (κ1) is 15.0. The summed E-state index contributed by atoms with van der Waals surface area (Å²) in [5, 5.41) is 2.76. The van der Waals surface area contributed by atoms with Gasteiger partial charge in [-0.2, -0.15) is 0 Å². The molecular formula is C17H19FN2O. The average Bonchev–Trinajstić information content (AvgIpc) is 2.49. The lowest BCUT2D eigenvalue weighted by Crippen LogP contribution is -2.28. The molecule has 2 rings (SSSR count). The van der Waals surface area contributed by atoms with E-state index >= 15 is 0 Å². The zero-order valence-electron chi connectivity index (χ0n) is 12.2. The Labute approximate surface area is 124 Å².